The van der Waals surface area contributed by atoms with Crippen LogP contribution < -0.4 is 11.1 Å². The highest BCUT2D eigenvalue weighted by molar-refractivity contribution is 6.31. The molecule has 0 saturated carbocycles. The summed E-state index contributed by atoms with van der Waals surface area (Å²) in [5.41, 5.74) is 4.59. The van der Waals surface area contributed by atoms with Crippen LogP contribution in [0.3, 0.4) is 0 Å². The number of halogens is 2. The Bertz CT molecular complexity index is 719. The van der Waals surface area contributed by atoms with Crippen LogP contribution in [0.25, 0.3) is 0 Å². The van der Waals surface area contributed by atoms with Gasteiger partial charge in [0.25, 0.3) is 5.91 Å². The Morgan fingerprint density at radius 1 is 1.29 bits per heavy atom. The topological polar surface area (TPSA) is 111 Å². The lowest BCUT2D eigenvalue weighted by atomic mass is 10.1. The second-order valence-electron chi connectivity index (χ2n) is 3.96. The molecule has 108 valence electrons. The molecule has 0 spiro atoms. The summed E-state index contributed by atoms with van der Waals surface area (Å²) < 4.78 is 0. The van der Waals surface area contributed by atoms with Gasteiger partial charge in [0.2, 0.25) is 0 Å². The highest BCUT2D eigenvalue weighted by atomic mass is 35.5. The third kappa shape index (κ3) is 3.39. The van der Waals surface area contributed by atoms with Crippen molar-refractivity contribution in [2.75, 3.05) is 11.1 Å². The molecule has 0 unspecified atom stereocenters. The minimum atomic E-state index is -0.745. The maximum absolute atomic E-state index is 12.1. The van der Waals surface area contributed by atoms with Gasteiger partial charge in [0, 0.05) is 11.2 Å². The first kappa shape index (κ1) is 15.0. The lowest BCUT2D eigenvalue weighted by Gasteiger charge is -2.07. The van der Waals surface area contributed by atoms with Crippen LogP contribution in [0.4, 0.5) is 17.2 Å². The first-order valence-electron chi connectivity index (χ1n) is 5.55. The Labute approximate surface area is 128 Å². The number of nitrogen functional groups attached to an aromatic ring is 1. The molecule has 9 heteroatoms. The van der Waals surface area contributed by atoms with Crippen molar-refractivity contribution >= 4 is 46.3 Å². The fraction of sp³-hybridized carbons (Fsp3) is 0. The number of nitrogens with one attached hydrogen (secondary N) is 1. The molecule has 1 amide bonds. The zero-order chi connectivity index (χ0) is 15.6. The minimum Gasteiger partial charge on any atom is -0.393 e. The van der Waals surface area contributed by atoms with Crippen molar-refractivity contribution in [3.63, 3.8) is 0 Å². The van der Waals surface area contributed by atoms with Gasteiger partial charge >= 0.3 is 5.69 Å². The maximum Gasteiger partial charge on any atom is 0.304 e. The molecule has 1 aromatic heterocycles. The molecule has 2 aromatic rings. The van der Waals surface area contributed by atoms with Gasteiger partial charge in [0.15, 0.2) is 0 Å². The van der Waals surface area contributed by atoms with E-state index in [9.17, 15) is 14.9 Å². The van der Waals surface area contributed by atoms with Crippen molar-refractivity contribution in [2.24, 2.45) is 0 Å². The van der Waals surface area contributed by atoms with Crippen molar-refractivity contribution in [1.29, 1.82) is 0 Å². The SMILES string of the molecule is Nc1cc(Cl)cc(C(=O)Nc2ccc(Cl)cn2)c1[N+](=O)[O-]. The van der Waals surface area contributed by atoms with Crippen LogP contribution in [-0.4, -0.2) is 15.8 Å². The van der Waals surface area contributed by atoms with Gasteiger partial charge in [0.05, 0.1) is 9.95 Å². The first-order chi connectivity index (χ1) is 9.88. The summed E-state index contributed by atoms with van der Waals surface area (Å²) in [6, 6.07) is 5.35. The van der Waals surface area contributed by atoms with E-state index in [2.05, 4.69) is 10.3 Å². The summed E-state index contributed by atoms with van der Waals surface area (Å²) in [6.07, 6.45) is 1.33. The van der Waals surface area contributed by atoms with Gasteiger partial charge < -0.3 is 11.1 Å². The number of nitrogens with two attached hydrogens (primary N) is 1. The molecule has 1 aromatic carbocycles. The molecule has 0 fully saturated rings. The van der Waals surface area contributed by atoms with E-state index in [1.54, 1.807) is 0 Å². The summed E-state index contributed by atoms with van der Waals surface area (Å²) in [5.74, 6) is -0.553. The third-order valence-corrected chi connectivity index (χ3v) is 2.94. The molecular weight excluding hydrogens is 319 g/mol. The summed E-state index contributed by atoms with van der Waals surface area (Å²) in [6.45, 7) is 0. The molecule has 0 saturated heterocycles. The van der Waals surface area contributed by atoms with E-state index in [1.807, 2.05) is 0 Å². The second kappa shape index (κ2) is 5.94. The number of benzene rings is 1. The Balaban J connectivity index is 2.39. The number of aromatic nitrogens is 1. The normalized spacial score (nSPS) is 10.2. The predicted octanol–water partition coefficient (Wildman–Crippen LogP) is 3.13. The Hall–Kier alpha value is -2.38. The lowest BCUT2D eigenvalue weighted by molar-refractivity contribution is -0.384. The number of hydrogen-bond donors (Lipinski definition) is 2. The molecule has 0 bridgehead atoms. The van der Waals surface area contributed by atoms with Crippen LogP contribution in [0, 0.1) is 10.1 Å². The van der Waals surface area contributed by atoms with Crippen LogP contribution in [0.15, 0.2) is 30.5 Å². The van der Waals surface area contributed by atoms with E-state index >= 15 is 0 Å². The lowest BCUT2D eigenvalue weighted by Crippen LogP contribution is -2.15. The van der Waals surface area contributed by atoms with Gasteiger partial charge in [-0.15, -0.1) is 0 Å². The number of amides is 1. The van der Waals surface area contributed by atoms with Crippen LogP contribution in [0.1, 0.15) is 10.4 Å². The zero-order valence-corrected chi connectivity index (χ0v) is 11.9. The van der Waals surface area contributed by atoms with Crippen LogP contribution in [0.5, 0.6) is 0 Å². The Morgan fingerprint density at radius 3 is 2.57 bits per heavy atom. The van der Waals surface area contributed by atoms with Gasteiger partial charge in [-0.25, -0.2) is 4.98 Å². The monoisotopic (exact) mass is 326 g/mol. The van der Waals surface area contributed by atoms with E-state index < -0.39 is 16.5 Å². The fourth-order valence-electron chi connectivity index (χ4n) is 1.63. The highest BCUT2D eigenvalue weighted by Crippen LogP contribution is 2.30. The molecule has 0 aliphatic heterocycles. The van der Waals surface area contributed by atoms with E-state index in [0.717, 1.165) is 0 Å². The number of anilines is 2. The molecule has 0 radical (unpaired) electrons. The standard InChI is InChI=1S/C12H8Cl2N4O3/c13-6-1-2-10(16-5-6)17-12(19)8-3-7(14)4-9(15)11(8)18(20)21/h1-5H,15H2,(H,16,17,19). The summed E-state index contributed by atoms with van der Waals surface area (Å²) >= 11 is 11.5. The van der Waals surface area contributed by atoms with Crippen LogP contribution in [0.2, 0.25) is 10.0 Å². The number of nitro groups is 1. The minimum absolute atomic E-state index is 0.118. The molecule has 2 rings (SSSR count). The number of nitrogens with zero attached hydrogens (tertiary/aromatic N) is 2. The Morgan fingerprint density at radius 2 is 2.00 bits per heavy atom. The van der Waals surface area contributed by atoms with E-state index in [-0.39, 0.29) is 22.1 Å². The molecule has 21 heavy (non-hydrogen) atoms. The third-order valence-electron chi connectivity index (χ3n) is 2.50. The molecule has 1 heterocycles. The van der Waals surface area contributed by atoms with Gasteiger partial charge in [-0.3, -0.25) is 14.9 Å². The number of carbonyl (C=O) groups excluding carboxylic acids is 1. The summed E-state index contributed by atoms with van der Waals surface area (Å²) in [4.78, 5) is 26.3. The molecular formula is C12H8Cl2N4O3. The average Bonchev–Trinajstić information content (AvgIpc) is 2.39. The quantitative estimate of drug-likeness (QED) is 0.511. The number of hydrogen-bond acceptors (Lipinski definition) is 5. The first-order valence-corrected chi connectivity index (χ1v) is 6.30. The largest absolute Gasteiger partial charge is 0.393 e. The smallest absolute Gasteiger partial charge is 0.304 e. The van der Waals surface area contributed by atoms with E-state index in [1.165, 1.54) is 30.5 Å². The highest BCUT2D eigenvalue weighted by Gasteiger charge is 2.24. The Kier molecular flexibility index (Phi) is 4.25. The van der Waals surface area contributed by atoms with Crippen LogP contribution >= 0.6 is 23.2 Å². The van der Waals surface area contributed by atoms with Gasteiger partial charge in [-0.1, -0.05) is 23.2 Å². The van der Waals surface area contributed by atoms with Gasteiger partial charge in [-0.2, -0.15) is 0 Å². The fourth-order valence-corrected chi connectivity index (χ4v) is 1.97. The molecule has 0 aliphatic rings. The zero-order valence-electron chi connectivity index (χ0n) is 10.3. The van der Waals surface area contributed by atoms with Gasteiger partial charge in [-0.05, 0) is 24.3 Å². The number of nitro benzene ring substituents is 1. The molecule has 3 N–H and O–H groups in total. The van der Waals surface area contributed by atoms with Crippen molar-refractivity contribution < 1.29 is 9.72 Å². The molecule has 0 atom stereocenters. The average molecular weight is 327 g/mol. The van der Waals surface area contributed by atoms with Crippen molar-refractivity contribution in [1.82, 2.24) is 4.98 Å². The predicted molar refractivity (Wildman–Crippen MR) is 79.7 cm³/mol. The van der Waals surface area contributed by atoms with Crippen molar-refractivity contribution in [3.05, 3.63) is 56.2 Å². The van der Waals surface area contributed by atoms with Crippen LogP contribution in [-0.2, 0) is 0 Å². The summed E-state index contributed by atoms with van der Waals surface area (Å²) in [5, 5.41) is 13.9. The number of rotatable bonds is 3. The van der Waals surface area contributed by atoms with Crippen molar-refractivity contribution in [3.8, 4) is 0 Å². The number of pyridine rings is 1. The number of carbonyl (C=O) groups is 1. The second-order valence-corrected chi connectivity index (χ2v) is 4.84. The van der Waals surface area contributed by atoms with E-state index in [0.29, 0.717) is 5.02 Å². The maximum atomic E-state index is 12.1. The molecule has 7 nitrogen and oxygen atoms in total. The van der Waals surface area contributed by atoms with Crippen molar-refractivity contribution in [2.45, 2.75) is 0 Å². The summed E-state index contributed by atoms with van der Waals surface area (Å²) in [7, 11) is 0. The van der Waals surface area contributed by atoms with E-state index in [4.69, 9.17) is 28.9 Å². The molecule has 0 aliphatic carbocycles. The van der Waals surface area contributed by atoms with Gasteiger partial charge in [0.1, 0.15) is 17.1 Å².